The maximum absolute atomic E-state index is 12.3. The average molecular weight is 339 g/mol. The highest BCUT2D eigenvalue weighted by Crippen LogP contribution is 2.16. The molecule has 1 N–H and O–H groups in total. The number of likely N-dealkylation sites (N-methyl/N-ethyl adjacent to an activating group) is 1. The van der Waals surface area contributed by atoms with E-state index in [0.29, 0.717) is 11.3 Å². The van der Waals surface area contributed by atoms with E-state index in [1.807, 2.05) is 24.3 Å². The Morgan fingerprint density at radius 2 is 1.80 bits per heavy atom. The van der Waals surface area contributed by atoms with E-state index >= 15 is 0 Å². The number of carbonyl (C=O) groups excluding carboxylic acids is 1. The van der Waals surface area contributed by atoms with E-state index in [1.54, 1.807) is 19.2 Å². The van der Waals surface area contributed by atoms with Gasteiger partial charge in [-0.25, -0.2) is 0 Å². The lowest BCUT2D eigenvalue weighted by Gasteiger charge is -2.32. The molecule has 2 aromatic rings. The molecular formula is C20H25N3O2. The number of benzene rings is 2. The van der Waals surface area contributed by atoms with Crippen LogP contribution >= 0.6 is 0 Å². The molecule has 0 spiro atoms. The molecular weight excluding hydrogens is 314 g/mol. The fourth-order valence-electron chi connectivity index (χ4n) is 2.93. The van der Waals surface area contributed by atoms with Crippen molar-refractivity contribution in [3.8, 4) is 5.75 Å². The number of nitrogens with zero attached hydrogens (tertiary/aromatic N) is 2. The van der Waals surface area contributed by atoms with E-state index in [4.69, 9.17) is 4.74 Å². The van der Waals surface area contributed by atoms with Gasteiger partial charge in [0, 0.05) is 44.0 Å². The predicted octanol–water partition coefficient (Wildman–Crippen LogP) is 2.69. The molecule has 0 atom stereocenters. The highest BCUT2D eigenvalue weighted by molar-refractivity contribution is 6.04. The molecule has 3 rings (SSSR count). The average Bonchev–Trinajstić information content (AvgIpc) is 2.65. The minimum atomic E-state index is -0.134. The Hall–Kier alpha value is -2.37. The number of methoxy groups -OCH3 is 1. The first-order valence-electron chi connectivity index (χ1n) is 8.59. The summed E-state index contributed by atoms with van der Waals surface area (Å²) in [5, 5.41) is 2.93. The minimum Gasteiger partial charge on any atom is -0.497 e. The van der Waals surface area contributed by atoms with Gasteiger partial charge in [0.05, 0.1) is 7.11 Å². The quantitative estimate of drug-likeness (QED) is 0.910. The van der Waals surface area contributed by atoms with E-state index in [1.165, 1.54) is 5.56 Å². The van der Waals surface area contributed by atoms with Crippen LogP contribution in [0.3, 0.4) is 0 Å². The third-order valence-electron chi connectivity index (χ3n) is 4.55. The van der Waals surface area contributed by atoms with Crippen LogP contribution in [0.15, 0.2) is 48.5 Å². The van der Waals surface area contributed by atoms with E-state index < -0.39 is 0 Å². The molecule has 25 heavy (non-hydrogen) atoms. The van der Waals surface area contributed by atoms with Gasteiger partial charge in [-0.05, 0) is 42.9 Å². The Kier molecular flexibility index (Phi) is 5.68. The fraction of sp³-hybridized carbons (Fsp3) is 0.350. The van der Waals surface area contributed by atoms with Gasteiger partial charge in [0.15, 0.2) is 0 Å². The maximum Gasteiger partial charge on any atom is 0.255 e. The van der Waals surface area contributed by atoms with Crippen molar-refractivity contribution in [3.63, 3.8) is 0 Å². The fourth-order valence-corrected chi connectivity index (χ4v) is 2.93. The first-order valence-corrected chi connectivity index (χ1v) is 8.59. The molecule has 5 heteroatoms. The minimum absolute atomic E-state index is 0.134. The first-order chi connectivity index (χ1) is 12.1. The van der Waals surface area contributed by atoms with Gasteiger partial charge in [0.1, 0.15) is 5.75 Å². The van der Waals surface area contributed by atoms with Gasteiger partial charge in [-0.15, -0.1) is 0 Å². The molecule has 1 heterocycles. The number of anilines is 1. The molecule has 2 aromatic carbocycles. The lowest BCUT2D eigenvalue weighted by Crippen LogP contribution is -2.43. The monoisotopic (exact) mass is 339 g/mol. The lowest BCUT2D eigenvalue weighted by molar-refractivity contribution is 0.102. The third kappa shape index (κ3) is 4.81. The molecule has 1 amide bonds. The third-order valence-corrected chi connectivity index (χ3v) is 4.55. The number of hydrogen-bond acceptors (Lipinski definition) is 4. The van der Waals surface area contributed by atoms with Crippen LogP contribution in [0.2, 0.25) is 0 Å². The Labute approximate surface area is 149 Å². The maximum atomic E-state index is 12.3. The lowest BCUT2D eigenvalue weighted by atomic mass is 10.1. The van der Waals surface area contributed by atoms with Gasteiger partial charge >= 0.3 is 0 Å². The number of carbonyl (C=O) groups is 1. The molecule has 1 aliphatic heterocycles. The highest BCUT2D eigenvalue weighted by atomic mass is 16.5. The van der Waals surface area contributed by atoms with Gasteiger partial charge < -0.3 is 15.0 Å². The van der Waals surface area contributed by atoms with E-state index in [0.717, 1.165) is 38.4 Å². The topological polar surface area (TPSA) is 44.8 Å². The number of piperazine rings is 1. The second kappa shape index (κ2) is 8.14. The highest BCUT2D eigenvalue weighted by Gasteiger charge is 2.14. The van der Waals surface area contributed by atoms with Crippen LogP contribution in [0.25, 0.3) is 0 Å². The van der Waals surface area contributed by atoms with Crippen molar-refractivity contribution in [3.05, 3.63) is 59.7 Å². The van der Waals surface area contributed by atoms with E-state index in [2.05, 4.69) is 34.3 Å². The second-order valence-electron chi connectivity index (χ2n) is 6.46. The molecule has 0 unspecified atom stereocenters. The molecule has 0 bridgehead atoms. The normalized spacial score (nSPS) is 15.8. The van der Waals surface area contributed by atoms with Crippen LogP contribution < -0.4 is 10.1 Å². The smallest absolute Gasteiger partial charge is 0.255 e. The van der Waals surface area contributed by atoms with Crippen molar-refractivity contribution in [2.45, 2.75) is 6.54 Å². The zero-order valence-corrected chi connectivity index (χ0v) is 14.9. The summed E-state index contributed by atoms with van der Waals surface area (Å²) in [6.45, 7) is 5.40. The van der Waals surface area contributed by atoms with Crippen molar-refractivity contribution >= 4 is 11.6 Å². The Morgan fingerprint density at radius 1 is 1.08 bits per heavy atom. The molecule has 0 saturated carbocycles. The van der Waals surface area contributed by atoms with Crippen LogP contribution in [0.1, 0.15) is 15.9 Å². The van der Waals surface area contributed by atoms with Crippen molar-refractivity contribution in [2.75, 3.05) is 45.7 Å². The molecule has 1 saturated heterocycles. The van der Waals surface area contributed by atoms with Crippen LogP contribution in [-0.4, -0.2) is 56.0 Å². The standard InChI is InChI=1S/C20H25N3O2/c1-22-10-12-23(13-11-22)15-16-6-8-18(9-7-16)21-20(24)17-4-3-5-19(14-17)25-2/h3-9,14H,10-13,15H2,1-2H3,(H,21,24). The number of rotatable bonds is 5. The Morgan fingerprint density at radius 3 is 2.48 bits per heavy atom. The van der Waals surface area contributed by atoms with E-state index in [9.17, 15) is 4.79 Å². The van der Waals surface area contributed by atoms with Crippen molar-refractivity contribution < 1.29 is 9.53 Å². The summed E-state index contributed by atoms with van der Waals surface area (Å²) in [6.07, 6.45) is 0. The van der Waals surface area contributed by atoms with Crippen molar-refractivity contribution in [1.82, 2.24) is 9.80 Å². The van der Waals surface area contributed by atoms with Gasteiger partial charge in [-0.1, -0.05) is 18.2 Å². The molecule has 132 valence electrons. The van der Waals surface area contributed by atoms with Crippen LogP contribution in [0, 0.1) is 0 Å². The summed E-state index contributed by atoms with van der Waals surface area (Å²) in [5.41, 5.74) is 2.65. The molecule has 0 aliphatic carbocycles. The summed E-state index contributed by atoms with van der Waals surface area (Å²) in [6, 6.07) is 15.2. The second-order valence-corrected chi connectivity index (χ2v) is 6.46. The van der Waals surface area contributed by atoms with Gasteiger partial charge in [0.2, 0.25) is 0 Å². The summed E-state index contributed by atoms with van der Waals surface area (Å²) in [4.78, 5) is 17.2. The van der Waals surface area contributed by atoms with Crippen molar-refractivity contribution in [1.29, 1.82) is 0 Å². The first kappa shape index (κ1) is 17.5. The zero-order valence-electron chi connectivity index (χ0n) is 14.9. The van der Waals surface area contributed by atoms with Crippen molar-refractivity contribution in [2.24, 2.45) is 0 Å². The van der Waals surface area contributed by atoms with Gasteiger partial charge in [0.25, 0.3) is 5.91 Å². The molecule has 1 fully saturated rings. The summed E-state index contributed by atoms with van der Waals surface area (Å²) >= 11 is 0. The Bertz CT molecular complexity index is 707. The Balaban J connectivity index is 1.57. The SMILES string of the molecule is COc1cccc(C(=O)Nc2ccc(CN3CCN(C)CC3)cc2)c1. The number of hydrogen-bond donors (Lipinski definition) is 1. The zero-order chi connectivity index (χ0) is 17.6. The summed E-state index contributed by atoms with van der Waals surface area (Å²) in [7, 11) is 3.76. The van der Waals surface area contributed by atoms with Gasteiger partial charge in [-0.2, -0.15) is 0 Å². The largest absolute Gasteiger partial charge is 0.497 e. The van der Waals surface area contributed by atoms with Crippen LogP contribution in [-0.2, 0) is 6.54 Å². The summed E-state index contributed by atoms with van der Waals surface area (Å²) in [5.74, 6) is 0.542. The molecule has 5 nitrogen and oxygen atoms in total. The number of ether oxygens (including phenoxy) is 1. The van der Waals surface area contributed by atoms with Gasteiger partial charge in [-0.3, -0.25) is 9.69 Å². The molecule has 1 aliphatic rings. The number of nitrogens with one attached hydrogen (secondary N) is 1. The molecule has 0 aromatic heterocycles. The number of amides is 1. The molecule has 0 radical (unpaired) electrons. The predicted molar refractivity (Wildman–Crippen MR) is 100 cm³/mol. The van der Waals surface area contributed by atoms with E-state index in [-0.39, 0.29) is 5.91 Å². The van der Waals surface area contributed by atoms with Crippen LogP contribution in [0.4, 0.5) is 5.69 Å². The summed E-state index contributed by atoms with van der Waals surface area (Å²) < 4.78 is 5.16. The van der Waals surface area contributed by atoms with Crippen LogP contribution in [0.5, 0.6) is 5.75 Å².